The third-order valence-electron chi connectivity index (χ3n) is 3.00. The van der Waals surface area contributed by atoms with E-state index >= 15 is 0 Å². The number of hydrogen-bond donors (Lipinski definition) is 2. The van der Waals surface area contributed by atoms with Crippen molar-refractivity contribution < 1.29 is 13.2 Å². The number of carbonyl (C=O) groups is 1. The molecular formula is C13H18N6O3S. The first-order chi connectivity index (χ1) is 11.0. The zero-order chi connectivity index (χ0) is 16.7. The molecule has 0 aliphatic heterocycles. The lowest BCUT2D eigenvalue weighted by Gasteiger charge is -2.08. The highest BCUT2D eigenvalue weighted by atomic mass is 32.2. The molecule has 0 atom stereocenters. The minimum absolute atomic E-state index is 0.0299. The molecule has 1 amide bonds. The Bertz CT molecular complexity index is 728. The maximum Gasteiger partial charge on any atom is 0.241 e. The van der Waals surface area contributed by atoms with E-state index in [1.165, 1.54) is 11.0 Å². The van der Waals surface area contributed by atoms with E-state index in [1.807, 2.05) is 6.92 Å². The van der Waals surface area contributed by atoms with Crippen molar-refractivity contribution in [2.24, 2.45) is 0 Å². The number of benzene rings is 1. The Labute approximate surface area is 134 Å². The number of tetrazole rings is 1. The number of carbonyl (C=O) groups excluding carboxylic acids is 1. The Kier molecular flexibility index (Phi) is 5.77. The van der Waals surface area contributed by atoms with E-state index in [4.69, 9.17) is 0 Å². The largest absolute Gasteiger partial charge is 0.354 e. The average molecular weight is 338 g/mol. The lowest BCUT2D eigenvalue weighted by atomic mass is 10.2. The summed E-state index contributed by atoms with van der Waals surface area (Å²) in [6.45, 7) is 2.52. The van der Waals surface area contributed by atoms with Gasteiger partial charge in [0.2, 0.25) is 15.9 Å². The number of nitrogens with one attached hydrogen (secondary N) is 2. The molecule has 0 saturated carbocycles. The summed E-state index contributed by atoms with van der Waals surface area (Å²) >= 11 is 0. The predicted molar refractivity (Wildman–Crippen MR) is 81.8 cm³/mol. The van der Waals surface area contributed by atoms with Gasteiger partial charge in [-0.2, -0.15) is 0 Å². The maximum absolute atomic E-state index is 12.0. The van der Waals surface area contributed by atoms with Crippen LogP contribution in [0.5, 0.6) is 0 Å². The van der Waals surface area contributed by atoms with Gasteiger partial charge >= 0.3 is 0 Å². The number of sulfonamides is 1. The summed E-state index contributed by atoms with van der Waals surface area (Å²) in [7, 11) is -3.51. The summed E-state index contributed by atoms with van der Waals surface area (Å²) in [5.41, 5.74) is 0.995. The Morgan fingerprint density at radius 2 is 1.96 bits per heavy atom. The molecule has 0 bridgehead atoms. The summed E-state index contributed by atoms with van der Waals surface area (Å²) in [4.78, 5) is 11.8. The number of hydrogen-bond acceptors (Lipinski definition) is 6. The first-order valence-electron chi connectivity index (χ1n) is 7.01. The quantitative estimate of drug-likeness (QED) is 0.624. The molecule has 2 rings (SSSR count). The second kappa shape index (κ2) is 7.79. The zero-order valence-electron chi connectivity index (χ0n) is 12.6. The molecule has 23 heavy (non-hydrogen) atoms. The van der Waals surface area contributed by atoms with Gasteiger partial charge in [-0.1, -0.05) is 17.7 Å². The van der Waals surface area contributed by atoms with Crippen LogP contribution in [0.4, 0.5) is 0 Å². The van der Waals surface area contributed by atoms with E-state index in [2.05, 4.69) is 25.6 Å². The molecule has 2 aromatic rings. The van der Waals surface area contributed by atoms with Crippen LogP contribution >= 0.6 is 0 Å². The first kappa shape index (κ1) is 17.0. The Morgan fingerprint density at radius 1 is 1.22 bits per heavy atom. The highest BCUT2D eigenvalue weighted by molar-refractivity contribution is 7.89. The van der Waals surface area contributed by atoms with Crippen LogP contribution in [0.15, 0.2) is 35.5 Å². The van der Waals surface area contributed by atoms with Crippen LogP contribution in [0.3, 0.4) is 0 Å². The summed E-state index contributed by atoms with van der Waals surface area (Å²) in [5, 5.41) is 13.1. The molecule has 0 spiro atoms. The van der Waals surface area contributed by atoms with Crippen LogP contribution in [0.1, 0.15) is 12.0 Å². The van der Waals surface area contributed by atoms with Crippen molar-refractivity contribution in [1.82, 2.24) is 30.2 Å². The molecule has 0 aliphatic carbocycles. The first-order valence-corrected chi connectivity index (χ1v) is 8.49. The Hall–Kier alpha value is -2.33. The summed E-state index contributed by atoms with van der Waals surface area (Å²) in [6, 6.07) is 6.61. The molecular weight excluding hydrogens is 320 g/mol. The molecule has 1 heterocycles. The van der Waals surface area contributed by atoms with Gasteiger partial charge in [0.15, 0.2) is 0 Å². The molecule has 10 heteroatoms. The van der Waals surface area contributed by atoms with E-state index < -0.39 is 10.0 Å². The highest BCUT2D eigenvalue weighted by Crippen LogP contribution is 2.09. The standard InChI is InChI=1S/C13H18N6O3S/c1-11-3-5-12(6-4-11)23(21,22)16-8-2-7-14-13(20)9-19-10-15-17-18-19/h3-6,10,16H,2,7-9H2,1H3,(H,14,20). The Morgan fingerprint density at radius 3 is 2.61 bits per heavy atom. The number of aromatic nitrogens is 4. The summed E-state index contributed by atoms with van der Waals surface area (Å²) in [5.74, 6) is -0.237. The third kappa shape index (κ3) is 5.42. The van der Waals surface area contributed by atoms with Gasteiger partial charge in [0.25, 0.3) is 0 Å². The van der Waals surface area contributed by atoms with Crippen molar-refractivity contribution in [3.63, 3.8) is 0 Å². The number of aryl methyl sites for hydroxylation is 1. The normalized spacial score (nSPS) is 11.3. The second-order valence-electron chi connectivity index (χ2n) is 4.92. The minimum Gasteiger partial charge on any atom is -0.354 e. The van der Waals surface area contributed by atoms with Crippen molar-refractivity contribution in [2.75, 3.05) is 13.1 Å². The van der Waals surface area contributed by atoms with Crippen molar-refractivity contribution in [3.8, 4) is 0 Å². The average Bonchev–Trinajstić information content (AvgIpc) is 3.00. The van der Waals surface area contributed by atoms with Gasteiger partial charge in [0.05, 0.1) is 4.90 Å². The highest BCUT2D eigenvalue weighted by Gasteiger charge is 2.12. The Balaban J connectivity index is 1.68. The second-order valence-corrected chi connectivity index (χ2v) is 6.69. The number of nitrogens with zero attached hydrogens (tertiary/aromatic N) is 4. The van der Waals surface area contributed by atoms with Crippen LogP contribution in [0.2, 0.25) is 0 Å². The minimum atomic E-state index is -3.51. The predicted octanol–water partition coefficient (Wildman–Crippen LogP) is -0.534. The lowest BCUT2D eigenvalue weighted by Crippen LogP contribution is -2.31. The number of amides is 1. The molecule has 124 valence electrons. The van der Waals surface area contributed by atoms with E-state index in [0.717, 1.165) is 5.56 Å². The topological polar surface area (TPSA) is 119 Å². The monoisotopic (exact) mass is 338 g/mol. The van der Waals surface area contributed by atoms with E-state index in [1.54, 1.807) is 24.3 Å². The molecule has 0 aliphatic rings. The van der Waals surface area contributed by atoms with Crippen LogP contribution in [0.25, 0.3) is 0 Å². The van der Waals surface area contributed by atoms with Gasteiger partial charge in [-0.15, -0.1) is 5.10 Å². The molecule has 2 N–H and O–H groups in total. The van der Waals surface area contributed by atoms with Crippen LogP contribution in [-0.2, 0) is 21.4 Å². The molecule has 9 nitrogen and oxygen atoms in total. The summed E-state index contributed by atoms with van der Waals surface area (Å²) in [6.07, 6.45) is 1.82. The van der Waals surface area contributed by atoms with E-state index in [9.17, 15) is 13.2 Å². The molecule has 0 fully saturated rings. The smallest absolute Gasteiger partial charge is 0.241 e. The van der Waals surface area contributed by atoms with Crippen molar-refractivity contribution >= 4 is 15.9 Å². The van der Waals surface area contributed by atoms with Gasteiger partial charge in [-0.05, 0) is 35.9 Å². The lowest BCUT2D eigenvalue weighted by molar-refractivity contribution is -0.121. The van der Waals surface area contributed by atoms with Crippen molar-refractivity contribution in [1.29, 1.82) is 0 Å². The van der Waals surface area contributed by atoms with Gasteiger partial charge in [0.1, 0.15) is 12.9 Å². The molecule has 0 unspecified atom stereocenters. The van der Waals surface area contributed by atoms with Crippen molar-refractivity contribution in [3.05, 3.63) is 36.2 Å². The fourth-order valence-electron chi connectivity index (χ4n) is 1.78. The molecule has 1 aromatic heterocycles. The van der Waals surface area contributed by atoms with Gasteiger partial charge in [0, 0.05) is 13.1 Å². The zero-order valence-corrected chi connectivity index (χ0v) is 13.5. The summed E-state index contributed by atoms with van der Waals surface area (Å²) < 4.78 is 27.9. The van der Waals surface area contributed by atoms with Gasteiger partial charge in [-0.3, -0.25) is 4.79 Å². The van der Waals surface area contributed by atoms with Gasteiger partial charge in [-0.25, -0.2) is 17.8 Å². The molecule has 0 saturated heterocycles. The van der Waals surface area contributed by atoms with Crippen LogP contribution < -0.4 is 10.0 Å². The SMILES string of the molecule is Cc1ccc(S(=O)(=O)NCCCNC(=O)Cn2cnnn2)cc1. The van der Waals surface area contributed by atoms with E-state index in [-0.39, 0.29) is 23.9 Å². The fourth-order valence-corrected chi connectivity index (χ4v) is 2.85. The van der Waals surface area contributed by atoms with Gasteiger partial charge < -0.3 is 5.32 Å². The third-order valence-corrected chi connectivity index (χ3v) is 4.47. The fraction of sp³-hybridized carbons (Fsp3) is 0.385. The van der Waals surface area contributed by atoms with E-state index in [0.29, 0.717) is 13.0 Å². The maximum atomic E-state index is 12.0. The molecule has 1 aromatic carbocycles. The molecule has 0 radical (unpaired) electrons. The van der Waals surface area contributed by atoms with Crippen LogP contribution in [-0.4, -0.2) is 47.6 Å². The number of rotatable bonds is 8. The van der Waals surface area contributed by atoms with Crippen LogP contribution in [0, 0.1) is 6.92 Å². The van der Waals surface area contributed by atoms with Crippen molar-refractivity contribution in [2.45, 2.75) is 24.8 Å².